The van der Waals surface area contributed by atoms with Crippen LogP contribution >= 0.6 is 37.0 Å². The number of anilines is 2. The first-order valence-electron chi connectivity index (χ1n) is 17.4. The normalized spacial score (nSPS) is 12.8. The van der Waals surface area contributed by atoms with Crippen LogP contribution < -0.4 is 25.4 Å². The van der Waals surface area contributed by atoms with Crippen molar-refractivity contribution in [2.75, 3.05) is 64.7 Å². The van der Waals surface area contributed by atoms with E-state index >= 15 is 0 Å². The van der Waals surface area contributed by atoms with Crippen LogP contribution in [0, 0.1) is 6.92 Å². The molecule has 0 aromatic heterocycles. The number of thiocarbonyl (C=S) groups is 1. The molecule has 3 aromatic rings. The number of methoxy groups -OCH3 is 1. The maximum Gasteiger partial charge on any atom is 0.258 e. The van der Waals surface area contributed by atoms with Crippen molar-refractivity contribution in [1.29, 1.82) is 0 Å². The number of nitrogens with zero attached hydrogens (tertiary/aromatic N) is 3. The van der Waals surface area contributed by atoms with Gasteiger partial charge in [0, 0.05) is 43.7 Å². The smallest absolute Gasteiger partial charge is 0.258 e. The SMILES string of the molecule is COc1cc(C(=O)N(C)c2ccc(C)cc2OCCCCCC(=O)N2CCC(N(C)C)CC2)ccc1NC(=S)c1ccccc1CCCN.Cl.Cl. The number of carbonyl (C=O) groups is 2. The average Bonchev–Trinajstić information content (AvgIpc) is 3.11. The van der Waals surface area contributed by atoms with Crippen LogP contribution in [0.5, 0.6) is 11.5 Å². The first-order chi connectivity index (χ1) is 23.6. The lowest BCUT2D eigenvalue weighted by Gasteiger charge is -2.35. The second-order valence-electron chi connectivity index (χ2n) is 13.0. The number of rotatable bonds is 16. The van der Waals surface area contributed by atoms with E-state index in [2.05, 4.69) is 30.4 Å². The van der Waals surface area contributed by atoms with E-state index in [-0.39, 0.29) is 36.6 Å². The fourth-order valence-electron chi connectivity index (χ4n) is 6.21. The number of likely N-dealkylation sites (tertiary alicyclic amines) is 1. The van der Waals surface area contributed by atoms with Crippen LogP contribution in [-0.4, -0.2) is 87.1 Å². The van der Waals surface area contributed by atoms with Gasteiger partial charge < -0.3 is 35.2 Å². The predicted octanol–water partition coefficient (Wildman–Crippen LogP) is 7.29. The summed E-state index contributed by atoms with van der Waals surface area (Å²) in [4.78, 5) is 32.9. The molecule has 2 amide bonds. The lowest BCUT2D eigenvalue weighted by molar-refractivity contribution is -0.132. The van der Waals surface area contributed by atoms with E-state index in [9.17, 15) is 9.59 Å². The summed E-state index contributed by atoms with van der Waals surface area (Å²) in [7, 11) is 7.54. The molecule has 280 valence electrons. The monoisotopic (exact) mass is 759 g/mol. The minimum Gasteiger partial charge on any atom is -0.495 e. The second kappa shape index (κ2) is 21.8. The average molecular weight is 761 g/mol. The first-order valence-corrected chi connectivity index (χ1v) is 17.8. The summed E-state index contributed by atoms with van der Waals surface area (Å²) >= 11 is 5.76. The van der Waals surface area contributed by atoms with Crippen molar-refractivity contribution in [1.82, 2.24) is 9.80 Å². The highest BCUT2D eigenvalue weighted by atomic mass is 35.5. The molecule has 0 bridgehead atoms. The van der Waals surface area contributed by atoms with Crippen molar-refractivity contribution >= 4 is 65.2 Å². The molecule has 1 fully saturated rings. The molecule has 0 saturated carbocycles. The second-order valence-corrected chi connectivity index (χ2v) is 13.4. The van der Waals surface area contributed by atoms with Gasteiger partial charge in [-0.2, -0.15) is 0 Å². The Morgan fingerprint density at radius 1 is 0.941 bits per heavy atom. The fourth-order valence-corrected chi connectivity index (χ4v) is 6.52. The minimum absolute atomic E-state index is 0. The molecule has 3 N–H and O–H groups in total. The molecule has 0 radical (unpaired) electrons. The highest BCUT2D eigenvalue weighted by molar-refractivity contribution is 7.81. The number of carbonyl (C=O) groups excluding carboxylic acids is 2. The summed E-state index contributed by atoms with van der Waals surface area (Å²) in [5, 5.41) is 3.31. The van der Waals surface area contributed by atoms with Gasteiger partial charge in [-0.25, -0.2) is 0 Å². The number of ether oxygens (including phenoxy) is 2. The Kier molecular flexibility index (Phi) is 18.7. The Morgan fingerprint density at radius 2 is 1.67 bits per heavy atom. The van der Waals surface area contributed by atoms with Gasteiger partial charge in [-0.15, -0.1) is 24.8 Å². The fraction of sp³-hybridized carbons (Fsp3) is 0.462. The number of aryl methyl sites for hydroxylation is 2. The topological polar surface area (TPSA) is 100 Å². The molecule has 1 saturated heterocycles. The third-order valence-corrected chi connectivity index (χ3v) is 9.55. The molecule has 9 nitrogen and oxygen atoms in total. The zero-order valence-corrected chi connectivity index (χ0v) is 33.1. The Bertz CT molecular complexity index is 1580. The summed E-state index contributed by atoms with van der Waals surface area (Å²) in [6.45, 7) is 4.82. The van der Waals surface area contributed by atoms with Gasteiger partial charge in [0.2, 0.25) is 5.91 Å². The molecule has 12 heteroatoms. The maximum atomic E-state index is 13.7. The highest BCUT2D eigenvalue weighted by Crippen LogP contribution is 2.32. The lowest BCUT2D eigenvalue weighted by Crippen LogP contribution is -2.44. The van der Waals surface area contributed by atoms with Gasteiger partial charge in [-0.3, -0.25) is 9.59 Å². The number of benzene rings is 3. The van der Waals surface area contributed by atoms with Crippen molar-refractivity contribution in [3.05, 3.63) is 82.9 Å². The highest BCUT2D eigenvalue weighted by Gasteiger charge is 2.24. The lowest BCUT2D eigenvalue weighted by atomic mass is 10.0. The molecule has 4 rings (SSSR count). The number of nitrogens with two attached hydrogens (primary N) is 1. The summed E-state index contributed by atoms with van der Waals surface area (Å²) in [6.07, 6.45) is 6.94. The van der Waals surface area contributed by atoms with E-state index in [1.165, 1.54) is 0 Å². The largest absolute Gasteiger partial charge is 0.495 e. The molecule has 1 aliphatic rings. The quantitative estimate of drug-likeness (QED) is 0.116. The predicted molar refractivity (Wildman–Crippen MR) is 218 cm³/mol. The van der Waals surface area contributed by atoms with E-state index in [0.717, 1.165) is 74.7 Å². The number of hydrogen-bond acceptors (Lipinski definition) is 7. The molecule has 1 aliphatic heterocycles. The zero-order chi connectivity index (χ0) is 35.3. The maximum absolute atomic E-state index is 13.7. The zero-order valence-electron chi connectivity index (χ0n) is 30.6. The van der Waals surface area contributed by atoms with E-state index in [4.69, 9.17) is 27.4 Å². The van der Waals surface area contributed by atoms with Gasteiger partial charge in [0.05, 0.1) is 25.1 Å². The van der Waals surface area contributed by atoms with Crippen LogP contribution in [0.4, 0.5) is 11.4 Å². The van der Waals surface area contributed by atoms with Crippen LogP contribution in [0.25, 0.3) is 0 Å². The van der Waals surface area contributed by atoms with Crippen LogP contribution in [-0.2, 0) is 11.2 Å². The molecule has 1 heterocycles. The van der Waals surface area contributed by atoms with E-state index in [0.29, 0.717) is 59.0 Å². The molecule has 0 unspecified atom stereocenters. The van der Waals surface area contributed by atoms with Crippen LogP contribution in [0.2, 0.25) is 0 Å². The van der Waals surface area contributed by atoms with Crippen LogP contribution in [0.15, 0.2) is 60.7 Å². The van der Waals surface area contributed by atoms with Gasteiger partial charge in [0.25, 0.3) is 5.91 Å². The van der Waals surface area contributed by atoms with E-state index in [1.54, 1.807) is 31.2 Å². The summed E-state index contributed by atoms with van der Waals surface area (Å²) in [6, 6.07) is 19.8. The number of hydrogen-bond donors (Lipinski definition) is 2. The minimum atomic E-state index is -0.193. The van der Waals surface area contributed by atoms with Gasteiger partial charge in [0.15, 0.2) is 0 Å². The van der Waals surface area contributed by atoms with E-state index < -0.39 is 0 Å². The Morgan fingerprint density at radius 3 is 2.35 bits per heavy atom. The Labute approximate surface area is 322 Å². The molecule has 0 spiro atoms. The third kappa shape index (κ3) is 12.4. The summed E-state index contributed by atoms with van der Waals surface area (Å²) < 4.78 is 11.9. The van der Waals surface area contributed by atoms with Crippen molar-refractivity contribution in [2.45, 2.75) is 64.3 Å². The molecule has 0 atom stereocenters. The van der Waals surface area contributed by atoms with Crippen molar-refractivity contribution in [3.8, 4) is 11.5 Å². The van der Waals surface area contributed by atoms with Crippen molar-refractivity contribution < 1.29 is 19.1 Å². The molecular weight excluding hydrogens is 705 g/mol. The van der Waals surface area contributed by atoms with Crippen molar-refractivity contribution in [2.24, 2.45) is 5.73 Å². The van der Waals surface area contributed by atoms with Crippen molar-refractivity contribution in [3.63, 3.8) is 0 Å². The van der Waals surface area contributed by atoms with E-state index in [1.807, 2.05) is 54.3 Å². The van der Waals surface area contributed by atoms with Gasteiger partial charge >= 0.3 is 0 Å². The van der Waals surface area contributed by atoms with Crippen LogP contribution in [0.3, 0.4) is 0 Å². The summed E-state index contributed by atoms with van der Waals surface area (Å²) in [5.41, 5.74) is 10.7. The van der Waals surface area contributed by atoms with Gasteiger partial charge in [0.1, 0.15) is 16.5 Å². The Balaban J connectivity index is 0.00000451. The third-order valence-electron chi connectivity index (χ3n) is 9.23. The Hall–Kier alpha value is -3.41. The molecular formula is C39H55Cl2N5O4S. The number of unbranched alkanes of at least 4 members (excludes halogenated alkanes) is 2. The standard InChI is InChI=1S/C39H53N5O4S.2ClH/c1-28-16-19-34(36(26-28)48-25-10-6-7-15-37(45)44-23-20-31(21-24-44)42(2)3)43(4)39(46)30-17-18-33(35(27-30)47-5)41-38(49)32-14-9-8-12-29(32)13-11-22-40;;/h8-9,12,14,16-19,26-27,31H,6-7,10-11,13,15,20-25,40H2,1-5H3,(H,41,49);2*1H. The van der Waals surface area contributed by atoms with Gasteiger partial charge in [-0.05, 0) is 114 Å². The number of piperidine rings is 1. The van der Waals surface area contributed by atoms with Crippen LogP contribution in [0.1, 0.15) is 72.0 Å². The molecule has 3 aromatic carbocycles. The number of amides is 2. The number of halogens is 2. The summed E-state index contributed by atoms with van der Waals surface area (Å²) in [5.74, 6) is 1.23. The van der Waals surface area contributed by atoms with Gasteiger partial charge in [-0.1, -0.05) is 42.5 Å². The molecule has 0 aliphatic carbocycles. The number of nitrogens with one attached hydrogen (secondary N) is 1. The molecule has 51 heavy (non-hydrogen) atoms. The first kappa shape index (κ1) is 43.8.